The van der Waals surface area contributed by atoms with Crippen LogP contribution in [0.25, 0.3) is 0 Å². The molecule has 8 heteroatoms. The Hall–Kier alpha value is -1.75. The average molecular weight is 324 g/mol. The lowest BCUT2D eigenvalue weighted by Gasteiger charge is -2.13. The number of alkyl halides is 3. The zero-order valence-corrected chi connectivity index (χ0v) is 10.2. The van der Waals surface area contributed by atoms with Crippen LogP contribution in [0.4, 0.5) is 13.2 Å². The van der Waals surface area contributed by atoms with E-state index < -0.39 is 24.5 Å². The molecule has 96 valence electrons. The maximum Gasteiger partial charge on any atom is 0.573 e. The van der Waals surface area contributed by atoms with E-state index in [1.54, 1.807) is 6.07 Å². The molecule has 1 aromatic rings. The molecule has 0 saturated heterocycles. The van der Waals surface area contributed by atoms with Crippen molar-refractivity contribution in [2.45, 2.75) is 12.8 Å². The first kappa shape index (κ1) is 14.3. The van der Waals surface area contributed by atoms with Crippen molar-refractivity contribution in [3.05, 3.63) is 27.7 Å². The minimum Gasteiger partial charge on any atom is -0.481 e. The summed E-state index contributed by atoms with van der Waals surface area (Å²) in [4.78, 5) is 10.6. The van der Waals surface area contributed by atoms with Gasteiger partial charge in [-0.05, 0) is 33.6 Å². The molecule has 0 saturated carbocycles. The number of halogens is 4. The summed E-state index contributed by atoms with van der Waals surface area (Å²) in [6.07, 6.45) is -5.44. The summed E-state index contributed by atoms with van der Waals surface area (Å²) in [6, 6.07) is 3.69. The first-order valence-corrected chi connectivity index (χ1v) is 5.22. The van der Waals surface area contributed by atoms with Gasteiger partial charge in [0.05, 0.1) is 22.5 Å². The monoisotopic (exact) mass is 323 g/mol. The zero-order valence-electron chi connectivity index (χ0n) is 8.58. The Balaban J connectivity index is 3.25. The van der Waals surface area contributed by atoms with Crippen molar-refractivity contribution in [3.8, 4) is 11.8 Å². The van der Waals surface area contributed by atoms with Gasteiger partial charge < -0.3 is 9.84 Å². The summed E-state index contributed by atoms with van der Waals surface area (Å²) in [6.45, 7) is 0. The molecule has 0 heterocycles. The van der Waals surface area contributed by atoms with Crippen molar-refractivity contribution < 1.29 is 27.8 Å². The van der Waals surface area contributed by atoms with Gasteiger partial charge in [-0.25, -0.2) is 0 Å². The number of ether oxygens (including phenoxy) is 1. The number of aliphatic carboxylic acids is 1. The molecule has 4 nitrogen and oxygen atoms in total. The number of nitrogens with zero attached hydrogens (tertiary/aromatic N) is 1. The molecular formula is C10H5BrF3NO3. The Bertz CT molecular complexity index is 522. The Morgan fingerprint density at radius 1 is 1.50 bits per heavy atom. The van der Waals surface area contributed by atoms with E-state index in [9.17, 15) is 18.0 Å². The van der Waals surface area contributed by atoms with Gasteiger partial charge in [-0.2, -0.15) is 5.26 Å². The molecule has 0 bridgehead atoms. The quantitative estimate of drug-likeness (QED) is 0.928. The normalized spacial score (nSPS) is 10.8. The van der Waals surface area contributed by atoms with Gasteiger partial charge in [-0.1, -0.05) is 0 Å². The van der Waals surface area contributed by atoms with Crippen molar-refractivity contribution in [2.75, 3.05) is 0 Å². The topological polar surface area (TPSA) is 70.3 Å². The fraction of sp³-hybridized carbons (Fsp3) is 0.200. The smallest absolute Gasteiger partial charge is 0.481 e. The minimum atomic E-state index is -4.92. The molecule has 18 heavy (non-hydrogen) atoms. The summed E-state index contributed by atoms with van der Waals surface area (Å²) in [5.74, 6) is -1.87. The largest absolute Gasteiger partial charge is 0.573 e. The van der Waals surface area contributed by atoms with E-state index in [0.29, 0.717) is 0 Å². The first-order chi connectivity index (χ1) is 8.23. The summed E-state index contributed by atoms with van der Waals surface area (Å²) >= 11 is 2.83. The van der Waals surface area contributed by atoms with E-state index in [1.807, 2.05) is 0 Å². The molecule has 1 rings (SSSR count). The van der Waals surface area contributed by atoms with Crippen LogP contribution in [-0.2, 0) is 11.2 Å². The first-order valence-electron chi connectivity index (χ1n) is 4.43. The van der Waals surface area contributed by atoms with Gasteiger partial charge in [0, 0.05) is 0 Å². The van der Waals surface area contributed by atoms with Gasteiger partial charge in [0.15, 0.2) is 0 Å². The van der Waals surface area contributed by atoms with E-state index >= 15 is 0 Å². The van der Waals surface area contributed by atoms with Crippen LogP contribution < -0.4 is 4.74 Å². The molecule has 1 N–H and O–H groups in total. The average Bonchev–Trinajstić information content (AvgIpc) is 2.21. The summed E-state index contributed by atoms with van der Waals surface area (Å²) in [5, 5.41) is 17.3. The fourth-order valence-electron chi connectivity index (χ4n) is 1.21. The number of nitriles is 1. The molecule has 0 aliphatic rings. The molecule has 1 aromatic carbocycles. The van der Waals surface area contributed by atoms with E-state index in [4.69, 9.17) is 10.4 Å². The van der Waals surface area contributed by atoms with E-state index in [0.717, 1.165) is 6.07 Å². The summed E-state index contributed by atoms with van der Waals surface area (Å²) < 4.78 is 39.9. The van der Waals surface area contributed by atoms with Crippen molar-refractivity contribution >= 4 is 21.9 Å². The number of hydrogen-bond acceptors (Lipinski definition) is 3. The van der Waals surface area contributed by atoms with Crippen molar-refractivity contribution in [3.63, 3.8) is 0 Å². The lowest BCUT2D eigenvalue weighted by atomic mass is 10.1. The predicted octanol–water partition coefficient (Wildman–Crippen LogP) is 2.85. The molecular weight excluding hydrogens is 319 g/mol. The third kappa shape index (κ3) is 3.92. The van der Waals surface area contributed by atoms with E-state index in [1.165, 1.54) is 6.07 Å². The van der Waals surface area contributed by atoms with E-state index in [2.05, 4.69) is 20.7 Å². The van der Waals surface area contributed by atoms with Crippen LogP contribution >= 0.6 is 15.9 Å². The maximum atomic E-state index is 12.1. The van der Waals surface area contributed by atoms with Crippen LogP contribution in [0.5, 0.6) is 5.75 Å². The Morgan fingerprint density at radius 3 is 2.56 bits per heavy atom. The zero-order chi connectivity index (χ0) is 13.9. The number of carbonyl (C=O) groups is 1. The highest BCUT2D eigenvalue weighted by atomic mass is 79.9. The maximum absolute atomic E-state index is 12.1. The highest BCUT2D eigenvalue weighted by molar-refractivity contribution is 9.10. The number of rotatable bonds is 3. The van der Waals surface area contributed by atoms with Crippen LogP contribution in [0, 0.1) is 11.3 Å². The molecule has 0 amide bonds. The van der Waals surface area contributed by atoms with Gasteiger partial charge in [-0.15, -0.1) is 13.2 Å². The lowest BCUT2D eigenvalue weighted by Crippen LogP contribution is -2.18. The molecule has 0 radical (unpaired) electrons. The Labute approximate surface area is 108 Å². The van der Waals surface area contributed by atoms with Crippen LogP contribution in [-0.4, -0.2) is 17.4 Å². The van der Waals surface area contributed by atoms with Gasteiger partial charge >= 0.3 is 12.3 Å². The van der Waals surface area contributed by atoms with Crippen molar-refractivity contribution in [1.82, 2.24) is 0 Å². The number of hydrogen-bond donors (Lipinski definition) is 1. The second kappa shape index (κ2) is 5.27. The molecule has 0 aromatic heterocycles. The molecule has 0 atom stereocenters. The molecule has 0 aliphatic carbocycles. The van der Waals surface area contributed by atoms with Gasteiger partial charge in [0.2, 0.25) is 0 Å². The number of carboxylic acids is 1. The minimum absolute atomic E-state index is 0.0285. The molecule has 0 aliphatic heterocycles. The predicted molar refractivity (Wildman–Crippen MR) is 56.9 cm³/mol. The van der Waals surface area contributed by atoms with Gasteiger partial charge in [-0.3, -0.25) is 4.79 Å². The molecule has 0 fully saturated rings. The summed E-state index contributed by atoms with van der Waals surface area (Å²) in [7, 11) is 0. The SMILES string of the molecule is N#Cc1cc(CC(=O)O)c(Br)c(OC(F)(F)F)c1. The van der Waals surface area contributed by atoms with Gasteiger partial charge in [0.25, 0.3) is 0 Å². The van der Waals surface area contributed by atoms with Crippen LogP contribution in [0.15, 0.2) is 16.6 Å². The standard InChI is InChI=1S/C10H5BrF3NO3/c11-9-6(3-8(16)17)1-5(4-15)2-7(9)18-10(12,13)14/h1-2H,3H2,(H,16,17). The van der Waals surface area contributed by atoms with Crippen LogP contribution in [0.3, 0.4) is 0 Å². The second-order valence-corrected chi connectivity index (χ2v) is 3.97. The van der Waals surface area contributed by atoms with Crippen LogP contribution in [0.1, 0.15) is 11.1 Å². The highest BCUT2D eigenvalue weighted by Crippen LogP contribution is 2.34. The highest BCUT2D eigenvalue weighted by Gasteiger charge is 2.32. The van der Waals surface area contributed by atoms with Crippen molar-refractivity contribution in [1.29, 1.82) is 5.26 Å². The Morgan fingerprint density at radius 2 is 2.11 bits per heavy atom. The molecule has 0 unspecified atom stereocenters. The Kier molecular flexibility index (Phi) is 4.19. The summed E-state index contributed by atoms with van der Waals surface area (Å²) in [5.41, 5.74) is -0.0884. The second-order valence-electron chi connectivity index (χ2n) is 3.18. The fourth-order valence-corrected chi connectivity index (χ4v) is 1.66. The third-order valence-corrected chi connectivity index (χ3v) is 2.71. The van der Waals surface area contributed by atoms with E-state index in [-0.39, 0.29) is 15.6 Å². The third-order valence-electron chi connectivity index (χ3n) is 1.81. The van der Waals surface area contributed by atoms with Crippen LogP contribution in [0.2, 0.25) is 0 Å². The van der Waals surface area contributed by atoms with Gasteiger partial charge in [0.1, 0.15) is 5.75 Å². The number of benzene rings is 1. The lowest BCUT2D eigenvalue weighted by molar-refractivity contribution is -0.274. The molecule has 0 spiro atoms. The van der Waals surface area contributed by atoms with Crippen molar-refractivity contribution in [2.24, 2.45) is 0 Å². The number of carboxylic acid groups (broad SMARTS) is 1.